The lowest BCUT2D eigenvalue weighted by atomic mass is 9.70. The molecule has 3 atom stereocenters. The van der Waals surface area contributed by atoms with Crippen LogP contribution in [0.3, 0.4) is 0 Å². The summed E-state index contributed by atoms with van der Waals surface area (Å²) in [4.78, 5) is 25.8. The molecule has 2 saturated carbocycles. The van der Waals surface area contributed by atoms with Crippen molar-refractivity contribution in [2.75, 3.05) is 24.3 Å². The Balaban J connectivity index is 2.31. The first-order valence-electron chi connectivity index (χ1n) is 9.11. The van der Waals surface area contributed by atoms with Gasteiger partial charge in [-0.05, 0) is 31.1 Å². The number of rotatable bonds is 8. The topological polar surface area (TPSA) is 141 Å². The van der Waals surface area contributed by atoms with Crippen molar-refractivity contribution in [2.24, 2.45) is 16.7 Å². The molecule has 0 radical (unpaired) electrons. The van der Waals surface area contributed by atoms with Gasteiger partial charge in [0, 0.05) is 24.6 Å². The van der Waals surface area contributed by atoms with Crippen LogP contribution in [-0.2, 0) is 29.4 Å². The van der Waals surface area contributed by atoms with Gasteiger partial charge in [-0.25, -0.2) is 26.5 Å². The number of likely N-dealkylation sites (N-methyl/N-ethyl adjacent to an activating group) is 1. The number of hydrogen-bond acceptors (Lipinski definition) is 7. The number of fused-ring (bicyclic) bond motifs is 2. The molecule has 0 spiro atoms. The third kappa shape index (κ3) is 4.09. The van der Waals surface area contributed by atoms with Crippen LogP contribution in [0.2, 0.25) is 0 Å². The smallest absolute Gasteiger partial charge is 0.254 e. The number of ketones is 1. The number of nitrogens with one attached hydrogen (secondary N) is 1. The number of carbonyl (C=O) groups is 2. The van der Waals surface area contributed by atoms with Crippen LogP contribution in [0.1, 0.15) is 40.0 Å². The monoisotopic (exact) mass is 433 g/mol. The highest BCUT2D eigenvalue weighted by Gasteiger charge is 2.65. The number of sulfone groups is 1. The van der Waals surface area contributed by atoms with Crippen molar-refractivity contribution in [2.45, 2.75) is 46.1 Å². The molecule has 1 N–H and O–H groups in total. The molecule has 2 aliphatic carbocycles. The van der Waals surface area contributed by atoms with Crippen molar-refractivity contribution in [3.63, 3.8) is 0 Å². The lowest BCUT2D eigenvalue weighted by molar-refractivity contribution is -0.129. The Morgan fingerprint density at radius 1 is 1.36 bits per heavy atom. The van der Waals surface area contributed by atoms with Crippen molar-refractivity contribution < 1.29 is 26.4 Å². The van der Waals surface area contributed by atoms with E-state index in [0.29, 0.717) is 17.7 Å². The molecular weight excluding hydrogens is 406 g/mol. The van der Waals surface area contributed by atoms with Crippen LogP contribution < -0.4 is 4.72 Å². The second-order valence-corrected chi connectivity index (χ2v) is 12.3. The summed E-state index contributed by atoms with van der Waals surface area (Å²) < 4.78 is 51.4. The number of sulfonamides is 1. The number of nitrogens with zero attached hydrogens (tertiary/aromatic N) is 2. The molecule has 0 aromatic carbocycles. The second kappa shape index (κ2) is 7.39. The van der Waals surface area contributed by atoms with Crippen LogP contribution in [-0.4, -0.2) is 63.8 Å². The Kier molecular flexibility index (Phi) is 6.01. The van der Waals surface area contributed by atoms with Crippen LogP contribution >= 0.6 is 0 Å². The van der Waals surface area contributed by atoms with E-state index in [0.717, 1.165) is 12.7 Å². The van der Waals surface area contributed by atoms with E-state index in [-0.39, 0.29) is 18.2 Å². The Hall–Kier alpha value is -1.51. The van der Waals surface area contributed by atoms with Crippen molar-refractivity contribution >= 4 is 31.6 Å². The highest BCUT2D eigenvalue weighted by Crippen LogP contribution is 2.64. The maximum absolute atomic E-state index is 12.9. The molecule has 2 bridgehead atoms. The van der Waals surface area contributed by atoms with Gasteiger partial charge in [0.25, 0.3) is 5.91 Å². The number of nitriles is 1. The summed E-state index contributed by atoms with van der Waals surface area (Å²) in [6.07, 6.45) is 4.06. The molecule has 28 heavy (non-hydrogen) atoms. The van der Waals surface area contributed by atoms with Crippen molar-refractivity contribution in [1.82, 2.24) is 9.62 Å². The zero-order valence-corrected chi connectivity index (χ0v) is 18.2. The van der Waals surface area contributed by atoms with E-state index in [1.54, 1.807) is 6.19 Å². The fraction of sp³-hybridized carbons (Fsp3) is 0.824. The summed E-state index contributed by atoms with van der Waals surface area (Å²) in [5.74, 6) is -2.17. The van der Waals surface area contributed by atoms with E-state index in [9.17, 15) is 26.4 Å². The van der Waals surface area contributed by atoms with Gasteiger partial charge in [-0.2, -0.15) is 5.26 Å². The molecule has 2 fully saturated rings. The third-order valence-electron chi connectivity index (χ3n) is 6.37. The first kappa shape index (κ1) is 22.8. The van der Waals surface area contributed by atoms with Crippen molar-refractivity contribution in [3.8, 4) is 6.19 Å². The Bertz CT molecular complexity index is 919. The minimum Gasteiger partial charge on any atom is -0.299 e. The highest BCUT2D eigenvalue weighted by molar-refractivity contribution is 7.91. The predicted molar refractivity (Wildman–Crippen MR) is 102 cm³/mol. The van der Waals surface area contributed by atoms with E-state index in [4.69, 9.17) is 5.26 Å². The maximum atomic E-state index is 12.9. The molecule has 2 aliphatic rings. The average Bonchev–Trinajstić information content (AvgIpc) is 2.87. The fourth-order valence-electron chi connectivity index (χ4n) is 4.61. The summed E-state index contributed by atoms with van der Waals surface area (Å²) in [6, 6.07) is -1.62. The highest BCUT2D eigenvalue weighted by atomic mass is 32.2. The summed E-state index contributed by atoms with van der Waals surface area (Å²) in [7, 11) is -7.89. The normalized spacial score (nSPS) is 27.4. The molecule has 2 rings (SSSR count). The lowest BCUT2D eigenvalue weighted by Crippen LogP contribution is -2.53. The summed E-state index contributed by atoms with van der Waals surface area (Å²) in [6.45, 7) is 5.27. The van der Waals surface area contributed by atoms with Gasteiger partial charge < -0.3 is 0 Å². The zero-order chi connectivity index (χ0) is 21.5. The summed E-state index contributed by atoms with van der Waals surface area (Å²) >= 11 is 0. The van der Waals surface area contributed by atoms with Gasteiger partial charge in [-0.15, -0.1) is 0 Å². The SMILES string of the molecule is CCN(C#N)C(=O)C(CS(C)(=O)=O)NS(=O)(=O)CC12CCC(CC1=O)C2(C)C. The van der Waals surface area contributed by atoms with Crippen LogP contribution in [0.5, 0.6) is 0 Å². The zero-order valence-electron chi connectivity index (χ0n) is 16.6. The van der Waals surface area contributed by atoms with Gasteiger partial charge in [0.05, 0.1) is 11.5 Å². The molecule has 11 heteroatoms. The Morgan fingerprint density at radius 2 is 1.96 bits per heavy atom. The quantitative estimate of drug-likeness (QED) is 0.421. The van der Waals surface area contributed by atoms with E-state index >= 15 is 0 Å². The Morgan fingerprint density at radius 3 is 2.36 bits per heavy atom. The fourth-order valence-corrected chi connectivity index (χ4v) is 7.58. The Labute approximate surface area is 166 Å². The number of carbonyl (C=O) groups excluding carboxylic acids is 2. The molecule has 9 nitrogen and oxygen atoms in total. The van der Waals surface area contributed by atoms with Gasteiger partial charge in [0.2, 0.25) is 10.0 Å². The van der Waals surface area contributed by atoms with Crippen molar-refractivity contribution in [3.05, 3.63) is 0 Å². The lowest BCUT2D eigenvalue weighted by Gasteiger charge is -2.36. The standard InChI is InChI=1S/C17H27N3O6S2/c1-5-20(11-18)15(22)13(9-27(4,23)24)19-28(25,26)10-17-7-6-12(8-14(17)21)16(17,2)3/h12-13,19H,5-10H2,1-4H3. The predicted octanol–water partition coefficient (Wildman–Crippen LogP) is 0.0440. The minimum atomic E-state index is -4.17. The van der Waals surface area contributed by atoms with Gasteiger partial charge in [0.1, 0.15) is 21.7 Å². The number of amides is 1. The molecule has 1 amide bonds. The molecular formula is C17H27N3O6S2. The molecule has 0 aromatic rings. The van der Waals surface area contributed by atoms with Crippen LogP contribution in [0.25, 0.3) is 0 Å². The molecule has 158 valence electrons. The van der Waals surface area contributed by atoms with Crippen LogP contribution in [0, 0.1) is 28.2 Å². The molecule has 0 aromatic heterocycles. The van der Waals surface area contributed by atoms with Gasteiger partial charge >= 0.3 is 0 Å². The number of hydrogen-bond donors (Lipinski definition) is 1. The second-order valence-electron chi connectivity index (χ2n) is 8.37. The largest absolute Gasteiger partial charge is 0.299 e. The summed E-state index contributed by atoms with van der Waals surface area (Å²) in [5, 5.41) is 9.04. The minimum absolute atomic E-state index is 0.0194. The van der Waals surface area contributed by atoms with Crippen LogP contribution in [0.15, 0.2) is 0 Å². The average molecular weight is 434 g/mol. The van der Waals surface area contributed by atoms with E-state index in [1.165, 1.54) is 6.92 Å². The summed E-state index contributed by atoms with van der Waals surface area (Å²) in [5.41, 5.74) is -1.53. The van der Waals surface area contributed by atoms with Gasteiger partial charge in [0.15, 0.2) is 6.19 Å². The van der Waals surface area contributed by atoms with E-state index in [2.05, 4.69) is 4.72 Å². The maximum Gasteiger partial charge on any atom is 0.254 e. The number of Topliss-reactive ketones (excluding diaryl/α,β-unsaturated/α-hetero) is 1. The molecule has 3 unspecified atom stereocenters. The van der Waals surface area contributed by atoms with E-state index in [1.807, 2.05) is 13.8 Å². The van der Waals surface area contributed by atoms with Crippen molar-refractivity contribution in [1.29, 1.82) is 5.26 Å². The third-order valence-corrected chi connectivity index (χ3v) is 8.82. The molecule has 0 saturated heterocycles. The van der Waals surface area contributed by atoms with Gasteiger partial charge in [-0.3, -0.25) is 9.59 Å². The first-order chi connectivity index (χ1) is 12.7. The first-order valence-corrected chi connectivity index (χ1v) is 12.8. The molecule has 0 heterocycles. The van der Waals surface area contributed by atoms with E-state index < -0.39 is 54.1 Å². The van der Waals surface area contributed by atoms with Gasteiger partial charge in [-0.1, -0.05) is 13.8 Å². The van der Waals surface area contributed by atoms with Crippen LogP contribution in [0.4, 0.5) is 0 Å². The molecule has 0 aliphatic heterocycles.